The van der Waals surface area contributed by atoms with Gasteiger partial charge in [-0.05, 0) is 18.9 Å². The van der Waals surface area contributed by atoms with Crippen molar-refractivity contribution >= 4 is 35.9 Å². The van der Waals surface area contributed by atoms with E-state index < -0.39 is 37.5 Å². The summed E-state index contributed by atoms with van der Waals surface area (Å²) in [5, 5.41) is 28.1. The minimum absolute atomic E-state index is 0.242. The van der Waals surface area contributed by atoms with Crippen LogP contribution in [0.25, 0.3) is 11.0 Å². The van der Waals surface area contributed by atoms with E-state index in [0.717, 1.165) is 31.4 Å². The fraction of sp³-hybridized carbons (Fsp3) is 0.684. The topological polar surface area (TPSA) is 168 Å². The summed E-state index contributed by atoms with van der Waals surface area (Å²) in [6.45, 7) is -0.894. The highest BCUT2D eigenvalue weighted by atomic mass is 35.5. The number of nitrogens with zero attached hydrogens (tertiary/aromatic N) is 3. The lowest BCUT2D eigenvalue weighted by molar-refractivity contribution is -0.189. The molecule has 33 heavy (non-hydrogen) atoms. The van der Waals surface area contributed by atoms with E-state index in [4.69, 9.17) is 25.8 Å². The third-order valence-corrected chi connectivity index (χ3v) is 8.17. The quantitative estimate of drug-likeness (QED) is 0.269. The van der Waals surface area contributed by atoms with Gasteiger partial charge >= 0.3 is 7.60 Å². The highest BCUT2D eigenvalue weighted by Gasteiger charge is 2.56. The SMILES string of the molecule is O=P(O)(O)C1(OC[C@H]2O[C@@H](n3ncc4c(NC5CCCC5)cc(Cl)nc43)[C@H](O)[C@@H]2O)COC1. The van der Waals surface area contributed by atoms with Crippen molar-refractivity contribution in [3.05, 3.63) is 17.4 Å². The van der Waals surface area contributed by atoms with Crippen LogP contribution in [0.4, 0.5) is 5.69 Å². The predicted molar refractivity (Wildman–Crippen MR) is 116 cm³/mol. The van der Waals surface area contributed by atoms with Gasteiger partial charge in [-0.2, -0.15) is 5.10 Å². The average molecular weight is 505 g/mol. The summed E-state index contributed by atoms with van der Waals surface area (Å²) in [7, 11) is -4.61. The molecule has 182 valence electrons. The number of aliphatic hydroxyl groups excluding tert-OH is 2. The molecular formula is C19H26ClN4O8P. The Labute approximate surface area is 194 Å². The van der Waals surface area contributed by atoms with Crippen molar-refractivity contribution in [1.29, 1.82) is 0 Å². The maximum atomic E-state index is 11.8. The molecule has 4 heterocycles. The number of pyridine rings is 1. The van der Waals surface area contributed by atoms with Gasteiger partial charge in [-0.25, -0.2) is 9.67 Å². The highest BCUT2D eigenvalue weighted by Crippen LogP contribution is 2.55. The number of ether oxygens (including phenoxy) is 3. The molecule has 3 aliphatic rings. The molecule has 12 nitrogen and oxygen atoms in total. The van der Waals surface area contributed by atoms with E-state index in [1.54, 1.807) is 12.3 Å². The largest absolute Gasteiger partial charge is 0.387 e. The fourth-order valence-corrected chi connectivity index (χ4v) is 5.45. The lowest BCUT2D eigenvalue weighted by atomic mass is 10.1. The minimum atomic E-state index is -4.61. The van der Waals surface area contributed by atoms with Crippen LogP contribution in [0.15, 0.2) is 12.3 Å². The van der Waals surface area contributed by atoms with Crippen molar-refractivity contribution in [3.8, 4) is 0 Å². The van der Waals surface area contributed by atoms with Crippen LogP contribution < -0.4 is 5.32 Å². The fourth-order valence-electron chi connectivity index (χ4n) is 4.50. The van der Waals surface area contributed by atoms with E-state index in [1.165, 1.54) is 4.68 Å². The number of rotatable bonds is 7. The first-order chi connectivity index (χ1) is 15.7. The van der Waals surface area contributed by atoms with Gasteiger partial charge in [0.2, 0.25) is 5.34 Å². The molecular weight excluding hydrogens is 479 g/mol. The Bertz CT molecular complexity index is 1070. The van der Waals surface area contributed by atoms with E-state index in [0.29, 0.717) is 17.1 Å². The summed E-state index contributed by atoms with van der Waals surface area (Å²) in [5.74, 6) is 0. The summed E-state index contributed by atoms with van der Waals surface area (Å²) < 4.78 is 29.3. The minimum Gasteiger partial charge on any atom is -0.387 e. The predicted octanol–water partition coefficient (Wildman–Crippen LogP) is 0.979. The zero-order valence-corrected chi connectivity index (χ0v) is 19.2. The molecule has 0 radical (unpaired) electrons. The monoisotopic (exact) mass is 504 g/mol. The van der Waals surface area contributed by atoms with Crippen LogP contribution in [0, 0.1) is 0 Å². The Morgan fingerprint density at radius 2 is 2.00 bits per heavy atom. The van der Waals surface area contributed by atoms with Crippen LogP contribution in [0.2, 0.25) is 5.15 Å². The van der Waals surface area contributed by atoms with Crippen LogP contribution in [0.5, 0.6) is 0 Å². The summed E-state index contributed by atoms with van der Waals surface area (Å²) >= 11 is 6.25. The van der Waals surface area contributed by atoms with Crippen molar-refractivity contribution < 1.29 is 38.8 Å². The molecule has 4 atom stereocenters. The zero-order valence-electron chi connectivity index (χ0n) is 17.6. The van der Waals surface area contributed by atoms with Crippen LogP contribution in [0.1, 0.15) is 31.9 Å². The van der Waals surface area contributed by atoms with Gasteiger partial charge in [0, 0.05) is 6.04 Å². The number of aliphatic hydroxyl groups is 2. The van der Waals surface area contributed by atoms with Crippen LogP contribution in [0.3, 0.4) is 0 Å². The molecule has 3 fully saturated rings. The molecule has 0 amide bonds. The van der Waals surface area contributed by atoms with Crippen molar-refractivity contribution in [2.45, 2.75) is 61.6 Å². The normalized spacial score (nSPS) is 30.1. The number of aromatic nitrogens is 3. The van der Waals surface area contributed by atoms with Crippen LogP contribution in [-0.2, 0) is 18.8 Å². The van der Waals surface area contributed by atoms with Crippen molar-refractivity contribution in [1.82, 2.24) is 14.8 Å². The Morgan fingerprint density at radius 1 is 1.27 bits per heavy atom. The molecule has 0 bridgehead atoms. The smallest absolute Gasteiger partial charge is 0.361 e. The number of nitrogens with one attached hydrogen (secondary N) is 1. The van der Waals surface area contributed by atoms with E-state index >= 15 is 0 Å². The van der Waals surface area contributed by atoms with Gasteiger partial charge in [-0.1, -0.05) is 24.4 Å². The summed E-state index contributed by atoms with van der Waals surface area (Å²) in [4.78, 5) is 23.5. The number of hydrogen-bond donors (Lipinski definition) is 5. The second-order valence-electron chi connectivity index (χ2n) is 8.78. The van der Waals surface area contributed by atoms with Gasteiger partial charge in [0.15, 0.2) is 11.9 Å². The molecule has 2 aliphatic heterocycles. The lowest BCUT2D eigenvalue weighted by Crippen LogP contribution is -2.53. The molecule has 0 unspecified atom stereocenters. The van der Waals surface area contributed by atoms with E-state index in [9.17, 15) is 24.6 Å². The maximum Gasteiger partial charge on any atom is 0.361 e. The van der Waals surface area contributed by atoms with Crippen molar-refractivity contribution in [3.63, 3.8) is 0 Å². The molecule has 0 spiro atoms. The number of fused-ring (bicyclic) bond motifs is 1. The zero-order chi connectivity index (χ0) is 23.4. The van der Waals surface area contributed by atoms with E-state index in [1.807, 2.05) is 0 Å². The Hall–Kier alpha value is -1.34. The molecule has 1 aliphatic carbocycles. The second kappa shape index (κ2) is 8.71. The lowest BCUT2D eigenvalue weighted by Gasteiger charge is -2.41. The molecule has 5 N–H and O–H groups in total. The molecule has 0 aromatic carbocycles. The molecule has 5 rings (SSSR count). The summed E-state index contributed by atoms with van der Waals surface area (Å²) in [6.07, 6.45) is 1.15. The molecule has 14 heteroatoms. The molecule has 2 saturated heterocycles. The number of halogens is 1. The van der Waals surface area contributed by atoms with Gasteiger partial charge in [0.25, 0.3) is 0 Å². The van der Waals surface area contributed by atoms with Crippen molar-refractivity contribution in [2.24, 2.45) is 0 Å². The van der Waals surface area contributed by atoms with E-state index in [-0.39, 0.29) is 25.0 Å². The first kappa shape index (κ1) is 23.4. The first-order valence-corrected chi connectivity index (χ1v) is 12.8. The Morgan fingerprint density at radius 3 is 2.64 bits per heavy atom. The number of anilines is 1. The van der Waals surface area contributed by atoms with Gasteiger partial charge in [-0.3, -0.25) is 4.57 Å². The van der Waals surface area contributed by atoms with Crippen LogP contribution in [-0.4, -0.2) is 84.3 Å². The molecule has 1 saturated carbocycles. The van der Waals surface area contributed by atoms with Gasteiger partial charge in [0.05, 0.1) is 37.1 Å². The summed E-state index contributed by atoms with van der Waals surface area (Å²) in [6, 6.07) is 2.07. The Kier molecular flexibility index (Phi) is 6.17. The molecule has 2 aromatic heterocycles. The average Bonchev–Trinajstić information content (AvgIpc) is 3.42. The third-order valence-electron chi connectivity index (χ3n) is 6.53. The van der Waals surface area contributed by atoms with Gasteiger partial charge in [-0.15, -0.1) is 0 Å². The van der Waals surface area contributed by atoms with Gasteiger partial charge < -0.3 is 39.5 Å². The second-order valence-corrected chi connectivity index (χ2v) is 11.1. The first-order valence-electron chi connectivity index (χ1n) is 10.8. The standard InChI is InChI=1S/C19H26ClN4O8P/c20-14-5-12(22-10-3-1-2-4-10)11-6-21-24(17(11)23-14)18-16(26)15(25)13(32-18)7-31-19(8-30-9-19)33(27,28)29/h5-6,10,13,15-16,18,25-26H,1-4,7-9H2,(H,22,23)(H2,27,28,29)/t13-,15-,16-,18-/m1/s1. The highest BCUT2D eigenvalue weighted by molar-refractivity contribution is 7.53. The number of hydrogen-bond acceptors (Lipinski definition) is 9. The van der Waals surface area contributed by atoms with Gasteiger partial charge in [0.1, 0.15) is 23.5 Å². The van der Waals surface area contributed by atoms with E-state index in [2.05, 4.69) is 15.4 Å². The van der Waals surface area contributed by atoms with Crippen molar-refractivity contribution in [2.75, 3.05) is 25.1 Å². The third kappa shape index (κ3) is 4.18. The summed E-state index contributed by atoms with van der Waals surface area (Å²) in [5.41, 5.74) is 1.16. The maximum absolute atomic E-state index is 11.8. The molecule has 2 aromatic rings. The van der Waals surface area contributed by atoms with Crippen LogP contribution >= 0.6 is 19.2 Å². The Balaban J connectivity index is 1.36.